The summed E-state index contributed by atoms with van der Waals surface area (Å²) < 4.78 is 16.3. The summed E-state index contributed by atoms with van der Waals surface area (Å²) in [7, 11) is 0. The Balaban J connectivity index is 2.01. The summed E-state index contributed by atoms with van der Waals surface area (Å²) in [6, 6.07) is 14.4. The van der Waals surface area contributed by atoms with Crippen molar-refractivity contribution in [3.8, 4) is 0 Å². The van der Waals surface area contributed by atoms with Crippen LogP contribution in [0.1, 0.15) is 47.8 Å². The number of esters is 1. The van der Waals surface area contributed by atoms with Crippen molar-refractivity contribution >= 4 is 11.9 Å². The Morgan fingerprint density at radius 1 is 0.966 bits per heavy atom. The molecule has 0 radical (unpaired) electrons. The Labute approximate surface area is 171 Å². The van der Waals surface area contributed by atoms with Crippen LogP contribution in [0.3, 0.4) is 0 Å². The van der Waals surface area contributed by atoms with Crippen LogP contribution in [0.5, 0.6) is 0 Å². The number of hydrogen-bond donors (Lipinski definition) is 1. The number of benzene rings is 2. The molecule has 0 aliphatic carbocycles. The summed E-state index contributed by atoms with van der Waals surface area (Å²) in [5.74, 6) is -1.45. The maximum Gasteiger partial charge on any atom is 0.338 e. The molecule has 1 unspecified atom stereocenters. The van der Waals surface area contributed by atoms with Gasteiger partial charge in [0.25, 0.3) is 0 Å². The molecule has 6 nitrogen and oxygen atoms in total. The van der Waals surface area contributed by atoms with Crippen molar-refractivity contribution in [2.24, 2.45) is 0 Å². The molecular formula is C23H28O6. The molecule has 0 saturated heterocycles. The number of rotatable bonds is 11. The van der Waals surface area contributed by atoms with E-state index < -0.39 is 18.0 Å². The molecule has 0 aromatic heterocycles. The van der Waals surface area contributed by atoms with E-state index in [-0.39, 0.29) is 19.1 Å². The predicted octanol–water partition coefficient (Wildman–Crippen LogP) is 4.00. The van der Waals surface area contributed by atoms with Gasteiger partial charge in [0.15, 0.2) is 6.10 Å². The lowest BCUT2D eigenvalue weighted by atomic mass is 10.0. The van der Waals surface area contributed by atoms with Gasteiger partial charge in [-0.25, -0.2) is 9.59 Å². The summed E-state index contributed by atoms with van der Waals surface area (Å²) >= 11 is 0. The van der Waals surface area contributed by atoms with Gasteiger partial charge in [-0.1, -0.05) is 36.4 Å². The zero-order valence-electron chi connectivity index (χ0n) is 17.1. The molecule has 156 valence electrons. The first-order chi connectivity index (χ1) is 13.9. The minimum absolute atomic E-state index is 0.0592. The molecule has 0 heterocycles. The van der Waals surface area contributed by atoms with E-state index in [0.29, 0.717) is 18.8 Å². The number of ether oxygens (including phenoxy) is 3. The van der Waals surface area contributed by atoms with Crippen LogP contribution in [-0.2, 0) is 38.6 Å². The van der Waals surface area contributed by atoms with E-state index in [1.54, 1.807) is 26.0 Å². The fraction of sp³-hybridized carbons (Fsp3) is 0.391. The second kappa shape index (κ2) is 11.3. The van der Waals surface area contributed by atoms with E-state index in [4.69, 9.17) is 14.2 Å². The lowest BCUT2D eigenvalue weighted by Gasteiger charge is -2.18. The van der Waals surface area contributed by atoms with Gasteiger partial charge in [-0.15, -0.1) is 0 Å². The molecule has 0 aliphatic heterocycles. The quantitative estimate of drug-likeness (QED) is 0.574. The van der Waals surface area contributed by atoms with Crippen molar-refractivity contribution in [3.05, 3.63) is 70.8 Å². The number of carbonyl (C=O) groups excluding carboxylic acids is 1. The zero-order valence-corrected chi connectivity index (χ0v) is 17.1. The normalized spacial score (nSPS) is 12.0. The van der Waals surface area contributed by atoms with Crippen molar-refractivity contribution in [3.63, 3.8) is 0 Å². The molecule has 0 bridgehead atoms. The van der Waals surface area contributed by atoms with Crippen LogP contribution < -0.4 is 0 Å². The highest BCUT2D eigenvalue weighted by molar-refractivity contribution is 5.89. The molecule has 2 aromatic rings. The molecule has 0 spiro atoms. The third-order valence-corrected chi connectivity index (χ3v) is 4.26. The predicted molar refractivity (Wildman–Crippen MR) is 109 cm³/mol. The average molecular weight is 400 g/mol. The van der Waals surface area contributed by atoms with Gasteiger partial charge < -0.3 is 19.3 Å². The van der Waals surface area contributed by atoms with E-state index in [1.165, 1.54) is 0 Å². The van der Waals surface area contributed by atoms with Gasteiger partial charge in [-0.2, -0.15) is 0 Å². The van der Waals surface area contributed by atoms with Gasteiger partial charge in [0, 0.05) is 13.0 Å². The summed E-state index contributed by atoms with van der Waals surface area (Å²) in [6.45, 7) is 6.71. The molecule has 29 heavy (non-hydrogen) atoms. The van der Waals surface area contributed by atoms with Crippen LogP contribution in [0.2, 0.25) is 0 Å². The van der Waals surface area contributed by atoms with E-state index in [2.05, 4.69) is 0 Å². The first-order valence-corrected chi connectivity index (χ1v) is 9.69. The molecule has 2 rings (SSSR count). The highest BCUT2D eigenvalue weighted by Gasteiger charge is 2.21. The molecule has 2 aromatic carbocycles. The summed E-state index contributed by atoms with van der Waals surface area (Å²) in [5.41, 5.74) is 2.97. The van der Waals surface area contributed by atoms with Crippen LogP contribution >= 0.6 is 0 Å². The first kappa shape index (κ1) is 22.6. The van der Waals surface area contributed by atoms with Crippen molar-refractivity contribution < 1.29 is 28.9 Å². The van der Waals surface area contributed by atoms with Crippen LogP contribution in [0.4, 0.5) is 0 Å². The van der Waals surface area contributed by atoms with Crippen LogP contribution in [0.25, 0.3) is 0 Å². The lowest BCUT2D eigenvalue weighted by Crippen LogP contribution is -2.29. The Bertz CT molecular complexity index is 797. The molecule has 1 atom stereocenters. The minimum atomic E-state index is -1.02. The topological polar surface area (TPSA) is 82.1 Å². The van der Waals surface area contributed by atoms with Gasteiger partial charge >= 0.3 is 11.9 Å². The molecule has 0 fully saturated rings. The summed E-state index contributed by atoms with van der Waals surface area (Å²) in [5, 5.41) is 9.40. The average Bonchev–Trinajstić information content (AvgIpc) is 2.70. The molecule has 1 N–H and O–H groups in total. The van der Waals surface area contributed by atoms with Crippen LogP contribution in [-0.4, -0.2) is 35.9 Å². The van der Waals surface area contributed by atoms with Crippen molar-refractivity contribution in [2.75, 3.05) is 6.61 Å². The molecule has 6 heteroatoms. The van der Waals surface area contributed by atoms with E-state index >= 15 is 0 Å². The lowest BCUT2D eigenvalue weighted by molar-refractivity contribution is -0.153. The fourth-order valence-electron chi connectivity index (χ4n) is 2.80. The van der Waals surface area contributed by atoms with Gasteiger partial charge in [-0.05, 0) is 49.6 Å². The first-order valence-electron chi connectivity index (χ1n) is 9.69. The highest BCUT2D eigenvalue weighted by atomic mass is 16.5. The van der Waals surface area contributed by atoms with E-state index in [1.807, 2.05) is 43.3 Å². The van der Waals surface area contributed by atoms with Crippen molar-refractivity contribution in [1.82, 2.24) is 0 Å². The molecule has 0 amide bonds. The van der Waals surface area contributed by atoms with Gasteiger partial charge in [-0.3, -0.25) is 0 Å². The van der Waals surface area contributed by atoms with Crippen molar-refractivity contribution in [2.45, 2.75) is 52.6 Å². The van der Waals surface area contributed by atoms with E-state index in [0.717, 1.165) is 16.7 Å². The van der Waals surface area contributed by atoms with Gasteiger partial charge in [0.2, 0.25) is 0 Å². The number of aliphatic carboxylic acids is 1. The third-order valence-electron chi connectivity index (χ3n) is 4.26. The smallest absolute Gasteiger partial charge is 0.338 e. The SMILES string of the molecule is CCOCc1ccc(C(=O)OCc2ccccc2CC(OC(C)C)C(=O)O)cc1. The molecular weight excluding hydrogens is 372 g/mol. The van der Waals surface area contributed by atoms with E-state index in [9.17, 15) is 14.7 Å². The number of hydrogen-bond acceptors (Lipinski definition) is 5. The number of carboxylic acid groups (broad SMARTS) is 1. The van der Waals surface area contributed by atoms with Crippen LogP contribution in [0.15, 0.2) is 48.5 Å². The second-order valence-corrected chi connectivity index (χ2v) is 6.89. The monoisotopic (exact) mass is 400 g/mol. The maximum absolute atomic E-state index is 12.4. The minimum Gasteiger partial charge on any atom is -0.479 e. The Morgan fingerprint density at radius 3 is 2.21 bits per heavy atom. The standard InChI is InChI=1S/C23H28O6/c1-4-27-14-17-9-11-18(12-10-17)23(26)28-15-20-8-6-5-7-19(20)13-21(22(24)25)29-16(2)3/h5-12,16,21H,4,13-15H2,1-3H3,(H,24,25). The Kier molecular flexibility index (Phi) is 8.83. The van der Waals surface area contributed by atoms with Crippen LogP contribution in [0, 0.1) is 0 Å². The van der Waals surface area contributed by atoms with Gasteiger partial charge in [0.1, 0.15) is 6.61 Å². The van der Waals surface area contributed by atoms with Crippen molar-refractivity contribution in [1.29, 1.82) is 0 Å². The molecule has 0 saturated carbocycles. The van der Waals surface area contributed by atoms with Gasteiger partial charge in [0.05, 0.1) is 18.3 Å². The largest absolute Gasteiger partial charge is 0.479 e. The Hall–Kier alpha value is -2.70. The summed E-state index contributed by atoms with van der Waals surface area (Å²) in [6.07, 6.45) is -0.954. The third kappa shape index (κ3) is 7.33. The summed E-state index contributed by atoms with van der Waals surface area (Å²) in [4.78, 5) is 23.8. The Morgan fingerprint density at radius 2 is 1.62 bits per heavy atom. The highest BCUT2D eigenvalue weighted by Crippen LogP contribution is 2.16. The molecule has 0 aliphatic rings. The fourth-order valence-corrected chi connectivity index (χ4v) is 2.80. The zero-order chi connectivity index (χ0) is 21.2. The number of carboxylic acids is 1. The maximum atomic E-state index is 12.4. The number of carbonyl (C=O) groups is 2. The second-order valence-electron chi connectivity index (χ2n) is 6.89.